The number of hydrogen-bond donors (Lipinski definition) is 0. The van der Waals surface area contributed by atoms with Crippen molar-refractivity contribution in [1.29, 1.82) is 0 Å². The Bertz CT molecular complexity index is 290. The summed E-state index contributed by atoms with van der Waals surface area (Å²) < 4.78 is 4.67. The molecule has 0 radical (unpaired) electrons. The molecule has 0 amide bonds. The maximum absolute atomic E-state index is 11.9. The lowest BCUT2D eigenvalue weighted by Crippen LogP contribution is -2.52. The molecule has 84 valence electrons. The average Bonchev–Trinajstić information content (AvgIpc) is 2.70. The smallest absolute Gasteiger partial charge is 0.317 e. The van der Waals surface area contributed by atoms with Crippen LogP contribution in [0.3, 0.4) is 0 Å². The number of carbonyl (C=O) groups is 2. The molecule has 0 aliphatic carbocycles. The summed E-state index contributed by atoms with van der Waals surface area (Å²) in [6, 6.07) is 0.360. The van der Waals surface area contributed by atoms with Crippen LogP contribution < -0.4 is 0 Å². The van der Waals surface area contributed by atoms with E-state index in [2.05, 4.69) is 9.64 Å². The van der Waals surface area contributed by atoms with E-state index < -0.39 is 5.92 Å². The van der Waals surface area contributed by atoms with E-state index in [9.17, 15) is 9.59 Å². The number of esters is 1. The molecule has 2 aliphatic heterocycles. The zero-order valence-electron chi connectivity index (χ0n) is 9.23. The highest BCUT2D eigenvalue weighted by Crippen LogP contribution is 2.32. The summed E-state index contributed by atoms with van der Waals surface area (Å²) in [6.45, 7) is 3.50. The zero-order valence-corrected chi connectivity index (χ0v) is 9.23. The largest absolute Gasteiger partial charge is 0.468 e. The van der Waals surface area contributed by atoms with Crippen molar-refractivity contribution in [3.05, 3.63) is 0 Å². The minimum Gasteiger partial charge on any atom is -0.468 e. The summed E-state index contributed by atoms with van der Waals surface area (Å²) in [6.07, 6.45) is 2.22. The number of ether oxygens (including phenoxy) is 1. The van der Waals surface area contributed by atoms with Crippen LogP contribution in [-0.4, -0.2) is 42.9 Å². The molecule has 2 rings (SSSR count). The minimum absolute atomic E-state index is 0.0228. The van der Waals surface area contributed by atoms with E-state index in [1.54, 1.807) is 0 Å². The molecule has 2 fully saturated rings. The van der Waals surface area contributed by atoms with Crippen LogP contribution in [0.15, 0.2) is 0 Å². The van der Waals surface area contributed by atoms with Gasteiger partial charge in [0.15, 0.2) is 5.78 Å². The lowest BCUT2D eigenvalue weighted by atomic mass is 9.83. The predicted octanol–water partition coefficient (Wildman–Crippen LogP) is 0.459. The first-order valence-corrected chi connectivity index (χ1v) is 5.50. The standard InChI is InChI=1S/C11H17NO3/c1-7-9-4-3-5-12(9)6-8(10(7)13)11(14)15-2/h7-9H,3-6H2,1-2H3. The predicted molar refractivity (Wildman–Crippen MR) is 54.3 cm³/mol. The minimum atomic E-state index is -0.556. The van der Waals surface area contributed by atoms with Gasteiger partial charge in [0.05, 0.1) is 7.11 Å². The molecule has 2 saturated heterocycles. The van der Waals surface area contributed by atoms with Gasteiger partial charge in [-0.2, -0.15) is 0 Å². The Hall–Kier alpha value is -0.900. The highest BCUT2D eigenvalue weighted by molar-refractivity contribution is 6.01. The Balaban J connectivity index is 2.16. The van der Waals surface area contributed by atoms with Crippen molar-refractivity contribution in [2.45, 2.75) is 25.8 Å². The Kier molecular flexibility index (Phi) is 2.78. The summed E-state index contributed by atoms with van der Waals surface area (Å²) in [4.78, 5) is 25.6. The molecule has 0 aromatic heterocycles. The van der Waals surface area contributed by atoms with Gasteiger partial charge < -0.3 is 4.74 Å². The molecule has 4 heteroatoms. The summed E-state index contributed by atoms with van der Waals surface area (Å²) in [5.74, 6) is -0.896. The maximum atomic E-state index is 11.9. The van der Waals surface area contributed by atoms with Crippen LogP contribution in [0, 0.1) is 11.8 Å². The number of methoxy groups -OCH3 is 1. The van der Waals surface area contributed by atoms with E-state index in [4.69, 9.17) is 0 Å². The van der Waals surface area contributed by atoms with Gasteiger partial charge in [0.25, 0.3) is 0 Å². The molecule has 0 aromatic carbocycles. The van der Waals surface area contributed by atoms with E-state index in [0.717, 1.165) is 19.4 Å². The average molecular weight is 211 g/mol. The first-order chi connectivity index (χ1) is 7.15. The number of ketones is 1. The normalized spacial score (nSPS) is 36.4. The van der Waals surface area contributed by atoms with E-state index >= 15 is 0 Å². The number of hydrogen-bond acceptors (Lipinski definition) is 4. The van der Waals surface area contributed by atoms with Gasteiger partial charge in [-0.15, -0.1) is 0 Å². The second-order valence-electron chi connectivity index (χ2n) is 4.47. The fourth-order valence-corrected chi connectivity index (χ4v) is 2.81. The molecule has 4 nitrogen and oxygen atoms in total. The third kappa shape index (κ3) is 1.67. The SMILES string of the molecule is COC(=O)C1CN2CCCC2C(C)C1=O. The number of rotatable bonds is 1. The molecule has 2 aliphatic rings. The Morgan fingerprint density at radius 2 is 2.27 bits per heavy atom. The molecular weight excluding hydrogens is 194 g/mol. The fraction of sp³-hybridized carbons (Fsp3) is 0.818. The molecule has 0 aromatic rings. The van der Waals surface area contributed by atoms with Crippen molar-refractivity contribution in [2.24, 2.45) is 11.8 Å². The second-order valence-corrected chi connectivity index (χ2v) is 4.47. The van der Waals surface area contributed by atoms with Crippen molar-refractivity contribution in [3.8, 4) is 0 Å². The van der Waals surface area contributed by atoms with Crippen LogP contribution in [0.25, 0.3) is 0 Å². The van der Waals surface area contributed by atoms with Crippen molar-refractivity contribution in [1.82, 2.24) is 4.90 Å². The third-order valence-electron chi connectivity index (χ3n) is 3.69. The van der Waals surface area contributed by atoms with Gasteiger partial charge in [0.2, 0.25) is 0 Å². The molecule has 3 atom stereocenters. The maximum Gasteiger partial charge on any atom is 0.317 e. The van der Waals surface area contributed by atoms with Crippen molar-refractivity contribution in [3.63, 3.8) is 0 Å². The molecule has 15 heavy (non-hydrogen) atoms. The number of Topliss-reactive ketones (excluding diaryl/α,β-unsaturated/α-hetero) is 1. The van der Waals surface area contributed by atoms with Gasteiger partial charge in [0.1, 0.15) is 5.92 Å². The summed E-state index contributed by atoms with van der Waals surface area (Å²) in [7, 11) is 1.34. The van der Waals surface area contributed by atoms with Gasteiger partial charge in [0, 0.05) is 18.5 Å². The van der Waals surface area contributed by atoms with E-state index in [0.29, 0.717) is 12.6 Å². The van der Waals surface area contributed by atoms with Crippen molar-refractivity contribution in [2.75, 3.05) is 20.2 Å². The van der Waals surface area contributed by atoms with Crippen LogP contribution in [0.2, 0.25) is 0 Å². The van der Waals surface area contributed by atoms with Crippen LogP contribution in [0.1, 0.15) is 19.8 Å². The van der Waals surface area contributed by atoms with E-state index in [-0.39, 0.29) is 17.7 Å². The number of nitrogens with zero attached hydrogens (tertiary/aromatic N) is 1. The monoisotopic (exact) mass is 211 g/mol. The quantitative estimate of drug-likeness (QED) is 0.467. The van der Waals surface area contributed by atoms with Gasteiger partial charge in [-0.05, 0) is 19.4 Å². The molecule has 0 bridgehead atoms. The van der Waals surface area contributed by atoms with Crippen LogP contribution >= 0.6 is 0 Å². The summed E-state index contributed by atoms with van der Waals surface area (Å²) in [5.41, 5.74) is 0. The number of piperidine rings is 1. The first-order valence-electron chi connectivity index (χ1n) is 5.50. The molecule has 0 spiro atoms. The molecule has 0 N–H and O–H groups in total. The van der Waals surface area contributed by atoms with Crippen molar-refractivity contribution < 1.29 is 14.3 Å². The molecular formula is C11H17NO3. The van der Waals surface area contributed by atoms with E-state index in [1.807, 2.05) is 6.92 Å². The van der Waals surface area contributed by atoms with Gasteiger partial charge in [-0.1, -0.05) is 6.92 Å². The lowest BCUT2D eigenvalue weighted by Gasteiger charge is -2.37. The topological polar surface area (TPSA) is 46.6 Å². The molecule has 0 saturated carbocycles. The van der Waals surface area contributed by atoms with Gasteiger partial charge in [-0.25, -0.2) is 0 Å². The van der Waals surface area contributed by atoms with Crippen LogP contribution in [0.5, 0.6) is 0 Å². The second kappa shape index (κ2) is 3.93. The van der Waals surface area contributed by atoms with Crippen LogP contribution in [-0.2, 0) is 14.3 Å². The third-order valence-corrected chi connectivity index (χ3v) is 3.69. The summed E-state index contributed by atoms with van der Waals surface area (Å²) >= 11 is 0. The zero-order chi connectivity index (χ0) is 11.0. The van der Waals surface area contributed by atoms with Gasteiger partial charge >= 0.3 is 5.97 Å². The molecule has 3 unspecified atom stereocenters. The molecule has 2 heterocycles. The highest BCUT2D eigenvalue weighted by Gasteiger charge is 2.45. The van der Waals surface area contributed by atoms with Crippen LogP contribution in [0.4, 0.5) is 0 Å². The Labute approximate surface area is 89.6 Å². The fourth-order valence-electron chi connectivity index (χ4n) is 2.81. The van der Waals surface area contributed by atoms with Crippen molar-refractivity contribution >= 4 is 11.8 Å². The van der Waals surface area contributed by atoms with E-state index in [1.165, 1.54) is 7.11 Å². The Morgan fingerprint density at radius 3 is 2.93 bits per heavy atom. The first kappa shape index (κ1) is 10.6. The highest BCUT2D eigenvalue weighted by atomic mass is 16.5. The number of carbonyl (C=O) groups excluding carboxylic acids is 2. The number of fused-ring (bicyclic) bond motifs is 1. The lowest BCUT2D eigenvalue weighted by molar-refractivity contribution is -0.154. The van der Waals surface area contributed by atoms with Gasteiger partial charge in [-0.3, -0.25) is 14.5 Å². The Morgan fingerprint density at radius 1 is 1.53 bits per heavy atom. The summed E-state index contributed by atoms with van der Waals surface area (Å²) in [5, 5.41) is 0.